The van der Waals surface area contributed by atoms with Crippen LogP contribution in [-0.2, 0) is 18.5 Å². The molecule has 0 aromatic heterocycles. The number of nitrogens with two attached hydrogens (primary N) is 1. The summed E-state index contributed by atoms with van der Waals surface area (Å²) in [6.07, 6.45) is 1.77. The fourth-order valence-electron chi connectivity index (χ4n) is 2.50. The summed E-state index contributed by atoms with van der Waals surface area (Å²) in [6, 6.07) is 18.8. The molecular formula is C17H22N2. The van der Waals surface area contributed by atoms with Crippen molar-refractivity contribution >= 4 is 0 Å². The lowest BCUT2D eigenvalue weighted by Gasteiger charge is -2.32. The quantitative estimate of drug-likeness (QED) is 0.805. The van der Waals surface area contributed by atoms with Crippen molar-refractivity contribution in [3.63, 3.8) is 0 Å². The number of nitrogens with one attached hydrogen (secondary N) is 1. The molecule has 0 aliphatic rings. The van der Waals surface area contributed by atoms with Crippen molar-refractivity contribution in [2.24, 2.45) is 5.73 Å². The molecule has 3 N–H and O–H groups in total. The normalized spacial score (nSPS) is 14.1. The van der Waals surface area contributed by atoms with Gasteiger partial charge in [-0.1, -0.05) is 61.5 Å². The molecule has 2 aromatic carbocycles. The summed E-state index contributed by atoms with van der Waals surface area (Å²) in [7, 11) is 1.93. The van der Waals surface area contributed by atoms with Gasteiger partial charge in [-0.2, -0.15) is 0 Å². The van der Waals surface area contributed by atoms with Crippen molar-refractivity contribution in [2.75, 3.05) is 7.05 Å². The third kappa shape index (κ3) is 3.03. The van der Waals surface area contributed by atoms with Crippen molar-refractivity contribution < 1.29 is 0 Å². The van der Waals surface area contributed by atoms with Gasteiger partial charge in [0.05, 0.1) is 5.66 Å². The van der Waals surface area contributed by atoms with Gasteiger partial charge in [0.25, 0.3) is 0 Å². The largest absolute Gasteiger partial charge is 0.309 e. The van der Waals surface area contributed by atoms with Gasteiger partial charge in [0, 0.05) is 6.42 Å². The minimum absolute atomic E-state index is 0.520. The summed E-state index contributed by atoms with van der Waals surface area (Å²) in [4.78, 5) is 0. The molecule has 1 atom stereocenters. The standard InChI is InChI=1S/C17H22N2/c1-3-15-11-7-8-12-16(15)17(18,19-2)13-14-9-5-4-6-10-14/h4-12,19H,3,13,18H2,1-2H3. The number of rotatable bonds is 5. The van der Waals surface area contributed by atoms with E-state index in [1.165, 1.54) is 16.7 Å². The maximum atomic E-state index is 6.62. The van der Waals surface area contributed by atoms with Crippen LogP contribution in [0.4, 0.5) is 0 Å². The van der Waals surface area contributed by atoms with E-state index in [1.807, 2.05) is 13.1 Å². The van der Waals surface area contributed by atoms with E-state index in [-0.39, 0.29) is 0 Å². The van der Waals surface area contributed by atoms with Gasteiger partial charge >= 0.3 is 0 Å². The van der Waals surface area contributed by atoms with Crippen LogP contribution in [-0.4, -0.2) is 7.05 Å². The molecule has 0 fully saturated rings. The molecule has 19 heavy (non-hydrogen) atoms. The lowest BCUT2D eigenvalue weighted by Crippen LogP contribution is -2.51. The molecule has 1 unspecified atom stereocenters. The smallest absolute Gasteiger partial charge is 0.0966 e. The molecule has 2 rings (SSSR count). The van der Waals surface area contributed by atoms with Crippen LogP contribution < -0.4 is 11.1 Å². The number of aryl methyl sites for hydroxylation is 1. The SMILES string of the molecule is CCc1ccccc1C(N)(Cc1ccccc1)NC. The summed E-state index contributed by atoms with van der Waals surface area (Å²) in [5.74, 6) is 0. The molecule has 0 aliphatic heterocycles. The van der Waals surface area contributed by atoms with Crippen LogP contribution in [0.2, 0.25) is 0 Å². The molecule has 0 saturated heterocycles. The Labute approximate surface area is 115 Å². The molecule has 0 heterocycles. The molecule has 0 bridgehead atoms. The predicted molar refractivity (Wildman–Crippen MR) is 80.9 cm³/mol. The lowest BCUT2D eigenvalue weighted by atomic mass is 9.88. The molecule has 2 nitrogen and oxygen atoms in total. The Kier molecular flexibility index (Phi) is 4.35. The third-order valence-electron chi connectivity index (χ3n) is 3.65. The van der Waals surface area contributed by atoms with Crippen LogP contribution in [0.25, 0.3) is 0 Å². The third-order valence-corrected chi connectivity index (χ3v) is 3.65. The van der Waals surface area contributed by atoms with Gasteiger partial charge in [-0.15, -0.1) is 0 Å². The average Bonchev–Trinajstić information content (AvgIpc) is 2.48. The van der Waals surface area contributed by atoms with Crippen molar-refractivity contribution in [1.29, 1.82) is 0 Å². The Morgan fingerprint density at radius 3 is 2.26 bits per heavy atom. The summed E-state index contributed by atoms with van der Waals surface area (Å²) in [5.41, 5.74) is 9.82. The van der Waals surface area contributed by atoms with Gasteiger partial charge in [-0.3, -0.25) is 5.32 Å². The summed E-state index contributed by atoms with van der Waals surface area (Å²) < 4.78 is 0. The first kappa shape index (κ1) is 13.8. The van der Waals surface area contributed by atoms with E-state index < -0.39 is 5.66 Å². The number of hydrogen-bond acceptors (Lipinski definition) is 2. The Morgan fingerprint density at radius 2 is 1.63 bits per heavy atom. The average molecular weight is 254 g/mol. The van der Waals surface area contributed by atoms with Crippen molar-refractivity contribution in [3.05, 3.63) is 71.3 Å². The van der Waals surface area contributed by atoms with Crippen LogP contribution in [0.1, 0.15) is 23.6 Å². The fourth-order valence-corrected chi connectivity index (χ4v) is 2.50. The Morgan fingerprint density at radius 1 is 1.00 bits per heavy atom. The van der Waals surface area contributed by atoms with E-state index in [0.717, 1.165) is 12.8 Å². The van der Waals surface area contributed by atoms with Crippen LogP contribution >= 0.6 is 0 Å². The first-order valence-corrected chi connectivity index (χ1v) is 6.79. The molecule has 0 aliphatic carbocycles. The van der Waals surface area contributed by atoms with Crippen molar-refractivity contribution in [3.8, 4) is 0 Å². The highest BCUT2D eigenvalue weighted by molar-refractivity contribution is 5.35. The second-order valence-electron chi connectivity index (χ2n) is 4.89. The number of benzene rings is 2. The molecule has 100 valence electrons. The topological polar surface area (TPSA) is 38.0 Å². The van der Waals surface area contributed by atoms with Gasteiger partial charge in [-0.25, -0.2) is 0 Å². The van der Waals surface area contributed by atoms with Crippen LogP contribution in [0.15, 0.2) is 54.6 Å². The lowest BCUT2D eigenvalue weighted by molar-refractivity contribution is 0.369. The summed E-state index contributed by atoms with van der Waals surface area (Å²) in [6.45, 7) is 2.16. The van der Waals surface area contributed by atoms with Gasteiger partial charge in [0.15, 0.2) is 0 Å². The highest BCUT2D eigenvalue weighted by atomic mass is 15.1. The molecule has 0 spiro atoms. The zero-order valence-electron chi connectivity index (χ0n) is 11.7. The molecule has 0 radical (unpaired) electrons. The molecule has 2 aromatic rings. The minimum atomic E-state index is -0.520. The summed E-state index contributed by atoms with van der Waals surface area (Å²) >= 11 is 0. The van der Waals surface area contributed by atoms with Crippen molar-refractivity contribution in [2.45, 2.75) is 25.4 Å². The van der Waals surface area contributed by atoms with Gasteiger partial charge < -0.3 is 5.73 Å². The van der Waals surface area contributed by atoms with E-state index in [0.29, 0.717) is 0 Å². The first-order valence-electron chi connectivity index (χ1n) is 6.79. The van der Waals surface area contributed by atoms with Gasteiger partial charge in [-0.05, 0) is 30.2 Å². The van der Waals surface area contributed by atoms with E-state index in [1.54, 1.807) is 0 Å². The zero-order chi connectivity index (χ0) is 13.7. The first-order chi connectivity index (χ1) is 9.19. The van der Waals surface area contributed by atoms with Gasteiger partial charge in [0.1, 0.15) is 0 Å². The van der Waals surface area contributed by atoms with Gasteiger partial charge in [0.2, 0.25) is 0 Å². The minimum Gasteiger partial charge on any atom is -0.309 e. The van der Waals surface area contributed by atoms with E-state index >= 15 is 0 Å². The zero-order valence-corrected chi connectivity index (χ0v) is 11.7. The van der Waals surface area contributed by atoms with Crippen LogP contribution in [0, 0.1) is 0 Å². The highest BCUT2D eigenvalue weighted by Crippen LogP contribution is 2.24. The maximum absolute atomic E-state index is 6.62. The number of hydrogen-bond donors (Lipinski definition) is 2. The Bertz CT molecular complexity index is 522. The molecular weight excluding hydrogens is 232 g/mol. The monoisotopic (exact) mass is 254 g/mol. The highest BCUT2D eigenvalue weighted by Gasteiger charge is 2.27. The fraction of sp³-hybridized carbons (Fsp3) is 0.294. The van der Waals surface area contributed by atoms with Crippen LogP contribution in [0.3, 0.4) is 0 Å². The predicted octanol–water partition coefficient (Wildman–Crippen LogP) is 2.82. The second kappa shape index (κ2) is 6.00. The van der Waals surface area contributed by atoms with E-state index in [4.69, 9.17) is 5.73 Å². The molecule has 2 heteroatoms. The molecule has 0 amide bonds. The maximum Gasteiger partial charge on any atom is 0.0966 e. The Balaban J connectivity index is 2.36. The Hall–Kier alpha value is -1.64. The second-order valence-corrected chi connectivity index (χ2v) is 4.89. The van der Waals surface area contributed by atoms with E-state index in [9.17, 15) is 0 Å². The van der Waals surface area contributed by atoms with Crippen LogP contribution in [0.5, 0.6) is 0 Å². The molecule has 0 saturated carbocycles. The van der Waals surface area contributed by atoms with Crippen molar-refractivity contribution in [1.82, 2.24) is 5.32 Å². The number of likely N-dealkylation sites (N-methyl/N-ethyl adjacent to an activating group) is 1. The van der Waals surface area contributed by atoms with E-state index in [2.05, 4.69) is 60.8 Å². The summed E-state index contributed by atoms with van der Waals surface area (Å²) in [5, 5.41) is 3.30.